The number of ether oxygens (including phenoxy) is 2. The van der Waals surface area contributed by atoms with Gasteiger partial charge in [0.25, 0.3) is 0 Å². The predicted molar refractivity (Wildman–Crippen MR) is 93.7 cm³/mol. The van der Waals surface area contributed by atoms with Crippen molar-refractivity contribution in [2.75, 3.05) is 20.2 Å². The van der Waals surface area contributed by atoms with Gasteiger partial charge in [-0.3, -0.25) is 4.68 Å². The standard InChI is InChI=1S/C17H26ClN3O4/c1-17(2,3)25-16(23)20-8-5-12(6-9-20)7-10-21-14(18)11-13(19-21)15(22)24-4/h11-12H,5-10H2,1-4H3. The van der Waals surface area contributed by atoms with Crippen molar-refractivity contribution in [2.24, 2.45) is 5.92 Å². The first kappa shape index (κ1) is 19.6. The number of amides is 1. The highest BCUT2D eigenvalue weighted by molar-refractivity contribution is 6.29. The number of aromatic nitrogens is 2. The molecular formula is C17H26ClN3O4. The van der Waals surface area contributed by atoms with Gasteiger partial charge in [0.15, 0.2) is 5.69 Å². The van der Waals surface area contributed by atoms with Crippen molar-refractivity contribution in [2.45, 2.75) is 52.2 Å². The van der Waals surface area contributed by atoms with Crippen LogP contribution in [0.15, 0.2) is 6.07 Å². The van der Waals surface area contributed by atoms with Crippen LogP contribution in [-0.2, 0) is 16.0 Å². The Morgan fingerprint density at radius 1 is 1.32 bits per heavy atom. The lowest BCUT2D eigenvalue weighted by Crippen LogP contribution is -2.41. The van der Waals surface area contributed by atoms with Crippen LogP contribution in [0.1, 0.15) is 50.5 Å². The Morgan fingerprint density at radius 2 is 1.96 bits per heavy atom. The number of rotatable bonds is 4. The largest absolute Gasteiger partial charge is 0.464 e. The molecule has 1 aromatic heterocycles. The van der Waals surface area contributed by atoms with E-state index in [-0.39, 0.29) is 11.8 Å². The Bertz CT molecular complexity index is 616. The summed E-state index contributed by atoms with van der Waals surface area (Å²) in [5.74, 6) is -0.00755. The molecule has 1 aromatic rings. The number of aryl methyl sites for hydroxylation is 1. The monoisotopic (exact) mass is 371 g/mol. The fourth-order valence-corrected chi connectivity index (χ4v) is 3.02. The molecule has 1 aliphatic heterocycles. The summed E-state index contributed by atoms with van der Waals surface area (Å²) < 4.78 is 11.7. The van der Waals surface area contributed by atoms with E-state index >= 15 is 0 Å². The molecule has 1 fully saturated rings. The van der Waals surface area contributed by atoms with Crippen LogP contribution in [0.5, 0.6) is 0 Å². The molecule has 0 spiro atoms. The normalized spacial score (nSPS) is 16.0. The predicted octanol–water partition coefficient (Wildman–Crippen LogP) is 3.36. The topological polar surface area (TPSA) is 73.7 Å². The summed E-state index contributed by atoms with van der Waals surface area (Å²) in [6.45, 7) is 7.63. The number of nitrogens with zero attached hydrogens (tertiary/aromatic N) is 3. The lowest BCUT2D eigenvalue weighted by molar-refractivity contribution is 0.0179. The molecule has 140 valence electrons. The molecular weight excluding hydrogens is 346 g/mol. The summed E-state index contributed by atoms with van der Waals surface area (Å²) >= 11 is 6.11. The van der Waals surface area contributed by atoms with Gasteiger partial charge in [-0.15, -0.1) is 0 Å². The number of esters is 1. The summed E-state index contributed by atoms with van der Waals surface area (Å²) in [5.41, 5.74) is -0.255. The van der Waals surface area contributed by atoms with E-state index in [2.05, 4.69) is 9.84 Å². The first-order valence-electron chi connectivity index (χ1n) is 8.49. The summed E-state index contributed by atoms with van der Waals surface area (Å²) in [4.78, 5) is 25.3. The maximum absolute atomic E-state index is 12.1. The first-order chi connectivity index (χ1) is 11.7. The minimum atomic E-state index is -0.494. The summed E-state index contributed by atoms with van der Waals surface area (Å²) in [5, 5.41) is 4.60. The van der Waals surface area contributed by atoms with Gasteiger partial charge in [0.1, 0.15) is 10.8 Å². The highest BCUT2D eigenvalue weighted by Gasteiger charge is 2.27. The second kappa shape index (κ2) is 8.08. The number of hydrogen-bond acceptors (Lipinski definition) is 5. The number of piperidine rings is 1. The van der Waals surface area contributed by atoms with E-state index in [9.17, 15) is 9.59 Å². The minimum Gasteiger partial charge on any atom is -0.464 e. The third-order valence-electron chi connectivity index (χ3n) is 4.14. The molecule has 0 aliphatic carbocycles. The number of hydrogen-bond donors (Lipinski definition) is 0. The van der Waals surface area contributed by atoms with E-state index in [4.69, 9.17) is 16.3 Å². The molecule has 0 unspecified atom stereocenters. The quantitative estimate of drug-likeness (QED) is 0.759. The third-order valence-corrected chi connectivity index (χ3v) is 4.44. The van der Waals surface area contributed by atoms with Gasteiger partial charge in [0.05, 0.1) is 7.11 Å². The first-order valence-corrected chi connectivity index (χ1v) is 8.87. The minimum absolute atomic E-state index is 0.215. The second-order valence-corrected chi connectivity index (χ2v) is 7.65. The highest BCUT2D eigenvalue weighted by atomic mass is 35.5. The van der Waals surface area contributed by atoms with Gasteiger partial charge in [-0.1, -0.05) is 11.6 Å². The number of carbonyl (C=O) groups excluding carboxylic acids is 2. The average Bonchev–Trinajstić information content (AvgIpc) is 2.92. The molecule has 0 aromatic carbocycles. The SMILES string of the molecule is COC(=O)c1cc(Cl)n(CCC2CCN(C(=O)OC(C)(C)C)CC2)n1. The zero-order valence-corrected chi connectivity index (χ0v) is 16.0. The molecule has 0 bridgehead atoms. The number of halogens is 1. The molecule has 0 saturated carbocycles. The zero-order valence-electron chi connectivity index (χ0n) is 15.2. The Hall–Kier alpha value is -1.76. The fourth-order valence-electron chi connectivity index (χ4n) is 2.79. The molecule has 0 N–H and O–H groups in total. The van der Waals surface area contributed by atoms with E-state index in [1.165, 1.54) is 13.2 Å². The lowest BCUT2D eigenvalue weighted by Gasteiger charge is -2.33. The van der Waals surface area contributed by atoms with E-state index in [0.29, 0.717) is 30.7 Å². The van der Waals surface area contributed by atoms with Crippen LogP contribution in [0.4, 0.5) is 4.79 Å². The maximum atomic E-state index is 12.1. The molecule has 7 nitrogen and oxygen atoms in total. The van der Waals surface area contributed by atoms with Gasteiger partial charge in [-0.25, -0.2) is 9.59 Å². The van der Waals surface area contributed by atoms with Crippen molar-refractivity contribution in [1.29, 1.82) is 0 Å². The van der Waals surface area contributed by atoms with E-state index in [1.54, 1.807) is 9.58 Å². The number of methoxy groups -OCH3 is 1. The lowest BCUT2D eigenvalue weighted by atomic mass is 9.94. The van der Waals surface area contributed by atoms with Gasteiger partial charge in [-0.05, 0) is 46.0 Å². The summed E-state index contributed by atoms with van der Waals surface area (Å²) in [6.07, 6.45) is 2.48. The summed E-state index contributed by atoms with van der Waals surface area (Å²) in [7, 11) is 1.31. The fraction of sp³-hybridized carbons (Fsp3) is 0.706. The van der Waals surface area contributed by atoms with Crippen LogP contribution in [0.25, 0.3) is 0 Å². The molecule has 8 heteroatoms. The van der Waals surface area contributed by atoms with Crippen LogP contribution in [0.3, 0.4) is 0 Å². The van der Waals surface area contributed by atoms with Gasteiger partial charge in [-0.2, -0.15) is 5.10 Å². The van der Waals surface area contributed by atoms with Crippen LogP contribution >= 0.6 is 11.6 Å². The van der Waals surface area contributed by atoms with Gasteiger partial charge in [0.2, 0.25) is 0 Å². The van der Waals surface area contributed by atoms with Gasteiger partial charge < -0.3 is 14.4 Å². The number of likely N-dealkylation sites (tertiary alicyclic amines) is 1. The third kappa shape index (κ3) is 5.63. The molecule has 2 rings (SSSR count). The zero-order chi connectivity index (χ0) is 18.6. The smallest absolute Gasteiger partial charge is 0.410 e. The van der Waals surface area contributed by atoms with E-state index < -0.39 is 11.6 Å². The average molecular weight is 372 g/mol. The second-order valence-electron chi connectivity index (χ2n) is 7.27. The van der Waals surface area contributed by atoms with E-state index in [0.717, 1.165) is 19.3 Å². The van der Waals surface area contributed by atoms with Crippen LogP contribution in [0, 0.1) is 5.92 Å². The van der Waals surface area contributed by atoms with Gasteiger partial charge in [0, 0.05) is 25.7 Å². The van der Waals surface area contributed by atoms with Crippen molar-refractivity contribution in [3.8, 4) is 0 Å². The van der Waals surface area contributed by atoms with Crippen molar-refractivity contribution < 1.29 is 19.1 Å². The van der Waals surface area contributed by atoms with Crippen molar-refractivity contribution in [3.05, 3.63) is 16.9 Å². The van der Waals surface area contributed by atoms with Crippen LogP contribution < -0.4 is 0 Å². The molecule has 1 amide bonds. The van der Waals surface area contributed by atoms with Crippen LogP contribution in [-0.4, -0.2) is 52.5 Å². The van der Waals surface area contributed by atoms with Gasteiger partial charge >= 0.3 is 12.1 Å². The maximum Gasteiger partial charge on any atom is 0.410 e. The highest BCUT2D eigenvalue weighted by Crippen LogP contribution is 2.23. The Kier molecular flexibility index (Phi) is 6.32. The summed E-state index contributed by atoms with van der Waals surface area (Å²) in [6, 6.07) is 1.51. The Morgan fingerprint density at radius 3 is 2.52 bits per heavy atom. The van der Waals surface area contributed by atoms with Crippen molar-refractivity contribution in [1.82, 2.24) is 14.7 Å². The molecule has 0 atom stereocenters. The molecule has 2 heterocycles. The van der Waals surface area contributed by atoms with E-state index in [1.807, 2.05) is 20.8 Å². The Labute approximate surface area is 153 Å². The molecule has 25 heavy (non-hydrogen) atoms. The molecule has 0 radical (unpaired) electrons. The van der Waals surface area contributed by atoms with Crippen LogP contribution in [0.2, 0.25) is 5.15 Å². The number of carbonyl (C=O) groups is 2. The molecule has 1 saturated heterocycles. The Balaban J connectivity index is 1.80. The van der Waals surface area contributed by atoms with Crippen molar-refractivity contribution >= 4 is 23.7 Å². The molecule has 1 aliphatic rings. The van der Waals surface area contributed by atoms with Crippen molar-refractivity contribution in [3.63, 3.8) is 0 Å².